The van der Waals surface area contributed by atoms with Crippen LogP contribution in [0.5, 0.6) is 0 Å². The minimum absolute atomic E-state index is 0.0250. The van der Waals surface area contributed by atoms with Crippen LogP contribution in [0.25, 0.3) is 0 Å². The van der Waals surface area contributed by atoms with E-state index in [1.165, 1.54) is 11.1 Å². The fraction of sp³-hybridized carbons (Fsp3) is 0.571. The maximum atomic E-state index is 12.8. The number of aliphatic hydroxyl groups excluding tert-OH is 1. The Morgan fingerprint density at radius 1 is 1.35 bits per heavy atom. The molecule has 1 aliphatic carbocycles. The van der Waals surface area contributed by atoms with E-state index >= 15 is 0 Å². The summed E-state index contributed by atoms with van der Waals surface area (Å²) in [4.78, 5) is 17.4. The van der Waals surface area contributed by atoms with Crippen molar-refractivity contribution in [3.05, 3.63) is 41.5 Å². The van der Waals surface area contributed by atoms with E-state index in [9.17, 15) is 9.90 Å². The molecule has 26 heavy (non-hydrogen) atoms. The molecule has 1 saturated carbocycles. The fourth-order valence-electron chi connectivity index (χ4n) is 6.99. The Kier molecular flexibility index (Phi) is 2.94. The van der Waals surface area contributed by atoms with Gasteiger partial charge in [-0.2, -0.15) is 0 Å². The summed E-state index contributed by atoms with van der Waals surface area (Å²) < 4.78 is 5.78. The van der Waals surface area contributed by atoms with Gasteiger partial charge in [-0.05, 0) is 36.9 Å². The second kappa shape index (κ2) is 4.97. The zero-order chi connectivity index (χ0) is 17.6. The van der Waals surface area contributed by atoms with E-state index in [0.717, 1.165) is 31.6 Å². The summed E-state index contributed by atoms with van der Waals surface area (Å²) in [7, 11) is 0. The fourth-order valence-corrected chi connectivity index (χ4v) is 6.99. The van der Waals surface area contributed by atoms with Crippen LogP contribution in [0, 0.1) is 11.8 Å². The van der Waals surface area contributed by atoms with E-state index in [1.807, 2.05) is 11.0 Å². The standard InChI is InChI=1S/C21H24N2O3/c1-12(24)23-16-5-3-2-4-15(16)21-7-8-22-11-13-6-9-26-20(25)18(19(21)23)14(13)10-17(21)22/h2-6,14,17-20,25H,7-11H2,1H3/t14-,17-,18?,19?,20?,21+/m0/s1. The number of benzene rings is 1. The van der Waals surface area contributed by atoms with Gasteiger partial charge in [0.25, 0.3) is 0 Å². The molecule has 136 valence electrons. The molecule has 6 rings (SSSR count). The topological polar surface area (TPSA) is 53.0 Å². The van der Waals surface area contributed by atoms with Crippen LogP contribution in [0.15, 0.2) is 35.9 Å². The first kappa shape index (κ1) is 15.4. The van der Waals surface area contributed by atoms with Crippen molar-refractivity contribution in [3.8, 4) is 0 Å². The molecule has 1 spiro atoms. The van der Waals surface area contributed by atoms with Gasteiger partial charge in [0.2, 0.25) is 5.91 Å². The Morgan fingerprint density at radius 3 is 3.04 bits per heavy atom. The van der Waals surface area contributed by atoms with Crippen molar-refractivity contribution >= 4 is 11.6 Å². The number of carbonyl (C=O) groups is 1. The monoisotopic (exact) mass is 352 g/mol. The molecule has 4 heterocycles. The number of hydrogen-bond acceptors (Lipinski definition) is 4. The maximum Gasteiger partial charge on any atom is 0.224 e. The Hall–Kier alpha value is -1.69. The largest absolute Gasteiger partial charge is 0.368 e. The van der Waals surface area contributed by atoms with Gasteiger partial charge in [-0.25, -0.2) is 0 Å². The molecule has 1 aromatic rings. The Labute approximate surface area is 153 Å². The highest BCUT2D eigenvalue weighted by molar-refractivity contribution is 5.96. The second-order valence-electron chi connectivity index (χ2n) is 8.55. The van der Waals surface area contributed by atoms with Crippen LogP contribution >= 0.6 is 0 Å². The number of carbonyl (C=O) groups excluding carboxylic acids is 1. The molecule has 5 heteroatoms. The van der Waals surface area contributed by atoms with Crippen molar-refractivity contribution in [2.45, 2.75) is 43.6 Å². The minimum atomic E-state index is -0.820. The van der Waals surface area contributed by atoms with Gasteiger partial charge in [0, 0.05) is 36.5 Å². The number of nitrogens with zero attached hydrogens (tertiary/aromatic N) is 2. The number of rotatable bonds is 0. The van der Waals surface area contributed by atoms with Crippen LogP contribution in [0.2, 0.25) is 0 Å². The first-order chi connectivity index (χ1) is 12.6. The van der Waals surface area contributed by atoms with Gasteiger partial charge in [-0.3, -0.25) is 9.69 Å². The highest BCUT2D eigenvalue weighted by Gasteiger charge is 2.69. The van der Waals surface area contributed by atoms with Crippen molar-refractivity contribution < 1.29 is 14.6 Å². The van der Waals surface area contributed by atoms with Gasteiger partial charge in [-0.15, -0.1) is 0 Å². The Morgan fingerprint density at radius 2 is 2.19 bits per heavy atom. The molecule has 5 nitrogen and oxygen atoms in total. The van der Waals surface area contributed by atoms with Crippen LogP contribution in [-0.2, 0) is 14.9 Å². The molecule has 2 bridgehead atoms. The molecule has 1 N–H and O–H groups in total. The third kappa shape index (κ3) is 1.61. The third-order valence-electron chi connectivity index (χ3n) is 7.77. The van der Waals surface area contributed by atoms with E-state index in [0.29, 0.717) is 18.6 Å². The lowest BCUT2D eigenvalue weighted by Gasteiger charge is -2.56. The summed E-state index contributed by atoms with van der Waals surface area (Å²) in [6.45, 7) is 4.18. The van der Waals surface area contributed by atoms with Crippen molar-refractivity contribution in [3.63, 3.8) is 0 Å². The summed E-state index contributed by atoms with van der Waals surface area (Å²) in [6, 6.07) is 8.83. The Bertz CT molecular complexity index is 836. The van der Waals surface area contributed by atoms with E-state index < -0.39 is 6.29 Å². The molecule has 4 aliphatic heterocycles. The number of fused-ring (bicyclic) bond motifs is 2. The number of anilines is 1. The lowest BCUT2D eigenvalue weighted by Crippen LogP contribution is -2.66. The molecule has 1 amide bonds. The van der Waals surface area contributed by atoms with E-state index in [2.05, 4.69) is 29.2 Å². The number of hydrogen-bond donors (Lipinski definition) is 1. The molecule has 2 saturated heterocycles. The zero-order valence-electron chi connectivity index (χ0n) is 15.0. The third-order valence-corrected chi connectivity index (χ3v) is 7.77. The molecule has 0 aromatic heterocycles. The van der Waals surface area contributed by atoms with Gasteiger partial charge >= 0.3 is 0 Å². The molecular formula is C21H24N2O3. The minimum Gasteiger partial charge on any atom is -0.368 e. The highest BCUT2D eigenvalue weighted by Crippen LogP contribution is 2.64. The zero-order valence-corrected chi connectivity index (χ0v) is 15.0. The average Bonchev–Trinajstić information content (AvgIpc) is 3.10. The van der Waals surface area contributed by atoms with Crippen LogP contribution < -0.4 is 4.90 Å². The van der Waals surface area contributed by atoms with Crippen molar-refractivity contribution in [2.24, 2.45) is 11.8 Å². The van der Waals surface area contributed by atoms with E-state index in [1.54, 1.807) is 6.92 Å². The number of piperidine rings is 1. The van der Waals surface area contributed by atoms with Gasteiger partial charge in [0.15, 0.2) is 6.29 Å². The van der Waals surface area contributed by atoms with E-state index in [4.69, 9.17) is 4.74 Å². The van der Waals surface area contributed by atoms with Gasteiger partial charge < -0.3 is 14.7 Å². The van der Waals surface area contributed by atoms with E-state index in [-0.39, 0.29) is 23.3 Å². The lowest BCUT2D eigenvalue weighted by atomic mass is 9.55. The number of para-hydroxylation sites is 1. The van der Waals surface area contributed by atoms with Crippen molar-refractivity contribution in [2.75, 3.05) is 24.6 Å². The van der Waals surface area contributed by atoms with Crippen molar-refractivity contribution in [1.29, 1.82) is 0 Å². The van der Waals surface area contributed by atoms with Crippen LogP contribution in [0.3, 0.4) is 0 Å². The van der Waals surface area contributed by atoms with Gasteiger partial charge in [0.05, 0.1) is 12.6 Å². The molecule has 6 atom stereocenters. The first-order valence-electron chi connectivity index (χ1n) is 9.75. The lowest BCUT2D eigenvalue weighted by molar-refractivity contribution is -0.156. The number of aliphatic hydroxyl groups is 1. The summed E-state index contributed by atoms with van der Waals surface area (Å²) in [5.74, 6) is 0.317. The molecule has 0 radical (unpaired) electrons. The first-order valence-corrected chi connectivity index (χ1v) is 9.75. The van der Waals surface area contributed by atoms with Crippen molar-refractivity contribution in [1.82, 2.24) is 4.90 Å². The predicted molar refractivity (Wildman–Crippen MR) is 96.7 cm³/mol. The molecule has 3 fully saturated rings. The predicted octanol–water partition coefficient (Wildman–Crippen LogP) is 1.66. The maximum absolute atomic E-state index is 12.8. The second-order valence-corrected chi connectivity index (χ2v) is 8.55. The summed E-state index contributed by atoms with van der Waals surface area (Å²) in [5.41, 5.74) is 3.66. The van der Waals surface area contributed by atoms with Gasteiger partial charge in [-0.1, -0.05) is 29.8 Å². The number of ether oxygens (including phenoxy) is 1. The van der Waals surface area contributed by atoms with Crippen LogP contribution in [-0.4, -0.2) is 54.0 Å². The normalized spacial score (nSPS) is 42.8. The summed E-state index contributed by atoms with van der Waals surface area (Å²) in [5, 5.41) is 11.0. The summed E-state index contributed by atoms with van der Waals surface area (Å²) in [6.07, 6.45) is 3.47. The molecule has 1 aromatic carbocycles. The number of amides is 1. The highest BCUT2D eigenvalue weighted by atomic mass is 16.6. The Balaban J connectivity index is 1.64. The van der Waals surface area contributed by atoms with Crippen LogP contribution in [0.4, 0.5) is 5.69 Å². The summed E-state index contributed by atoms with van der Waals surface area (Å²) >= 11 is 0. The average molecular weight is 352 g/mol. The smallest absolute Gasteiger partial charge is 0.224 e. The molecule has 3 unspecified atom stereocenters. The molecule has 5 aliphatic rings. The quantitative estimate of drug-likeness (QED) is 0.722. The molecular weight excluding hydrogens is 328 g/mol. The van der Waals surface area contributed by atoms with Crippen LogP contribution in [0.1, 0.15) is 25.3 Å². The van der Waals surface area contributed by atoms with Gasteiger partial charge in [0.1, 0.15) is 0 Å². The SMILES string of the molecule is CC(=O)N1c2ccccc2[C@@]23CCN4CC5=CCOC(O)C(C12)[C@H]5C[C@H]43.